The van der Waals surface area contributed by atoms with E-state index in [-0.39, 0.29) is 28.1 Å². The molecule has 5 rings (SSSR count). The Balaban J connectivity index is 1.42. The van der Waals surface area contributed by atoms with Gasteiger partial charge in [0.25, 0.3) is 5.56 Å². The third-order valence-corrected chi connectivity index (χ3v) is 8.72. The zero-order chi connectivity index (χ0) is 25.2. The van der Waals surface area contributed by atoms with E-state index in [0.717, 1.165) is 57.4 Å². The summed E-state index contributed by atoms with van der Waals surface area (Å²) in [6.07, 6.45) is 13.4. The summed E-state index contributed by atoms with van der Waals surface area (Å²) in [6, 6.07) is 4.04. The molecule has 2 aromatic rings. The van der Waals surface area contributed by atoms with Crippen LogP contribution in [0.2, 0.25) is 0 Å². The van der Waals surface area contributed by atoms with E-state index in [4.69, 9.17) is 4.74 Å². The number of halogens is 1. The van der Waals surface area contributed by atoms with E-state index in [2.05, 4.69) is 49.1 Å². The average molecular weight is 558 g/mol. The van der Waals surface area contributed by atoms with Crippen LogP contribution >= 0.6 is 15.9 Å². The summed E-state index contributed by atoms with van der Waals surface area (Å²) in [5, 5.41) is 3.45. The Kier molecular flexibility index (Phi) is 7.84. The lowest BCUT2D eigenvalue weighted by atomic mass is 9.80. The van der Waals surface area contributed by atoms with Gasteiger partial charge in [0.05, 0.1) is 5.92 Å². The second kappa shape index (κ2) is 11.1. The van der Waals surface area contributed by atoms with Crippen molar-refractivity contribution in [3.8, 4) is 0 Å². The zero-order valence-electron chi connectivity index (χ0n) is 21.3. The first-order valence-corrected chi connectivity index (χ1v) is 14.1. The molecule has 1 saturated carbocycles. The predicted molar refractivity (Wildman–Crippen MR) is 145 cm³/mol. The molecule has 3 heterocycles. The number of aryl methyl sites for hydroxylation is 2. The van der Waals surface area contributed by atoms with Crippen molar-refractivity contribution < 1.29 is 9.53 Å². The molecular formula is C28H37BrN4O3. The highest BCUT2D eigenvalue weighted by molar-refractivity contribution is 9.09. The van der Waals surface area contributed by atoms with Crippen LogP contribution in [0.3, 0.4) is 0 Å². The maximum absolute atomic E-state index is 14.1. The van der Waals surface area contributed by atoms with E-state index in [0.29, 0.717) is 19.1 Å². The molecule has 3 atom stereocenters. The number of pyridine rings is 1. The predicted octanol–water partition coefficient (Wildman–Crippen LogP) is 3.96. The number of hydrogen-bond acceptors (Lipinski definition) is 4. The van der Waals surface area contributed by atoms with E-state index in [9.17, 15) is 9.59 Å². The smallest absolute Gasteiger partial charge is 0.250 e. The minimum absolute atomic E-state index is 0.0193. The van der Waals surface area contributed by atoms with Crippen LogP contribution < -0.4 is 10.9 Å². The number of carbonyl (C=O) groups excluding carboxylic acids is 1. The van der Waals surface area contributed by atoms with Crippen molar-refractivity contribution in [1.29, 1.82) is 0 Å². The third-order valence-electron chi connectivity index (χ3n) is 7.89. The number of allylic oxidation sites excluding steroid dienone is 1. The second-order valence-corrected chi connectivity index (χ2v) is 11.5. The fourth-order valence-corrected chi connectivity index (χ4v) is 6.53. The maximum Gasteiger partial charge on any atom is 0.250 e. The Morgan fingerprint density at radius 3 is 2.89 bits per heavy atom. The number of nitrogens with zero attached hydrogens (tertiary/aromatic N) is 3. The van der Waals surface area contributed by atoms with Crippen molar-refractivity contribution >= 4 is 27.9 Å². The van der Waals surface area contributed by atoms with Gasteiger partial charge in [0, 0.05) is 75.4 Å². The van der Waals surface area contributed by atoms with Crippen LogP contribution in [-0.4, -0.2) is 52.8 Å². The largest absolute Gasteiger partial charge is 0.385 e. The van der Waals surface area contributed by atoms with Crippen LogP contribution in [0, 0.1) is 5.92 Å². The lowest BCUT2D eigenvalue weighted by molar-refractivity contribution is -0.138. The number of carbonyl (C=O) groups is 1. The molecule has 2 aliphatic carbocycles. The summed E-state index contributed by atoms with van der Waals surface area (Å²) in [5.74, 6) is 0.118. The minimum Gasteiger partial charge on any atom is -0.385 e. The summed E-state index contributed by atoms with van der Waals surface area (Å²) in [5.41, 5.74) is 4.77. The Morgan fingerprint density at radius 1 is 1.31 bits per heavy atom. The molecule has 0 aromatic carbocycles. The monoisotopic (exact) mass is 556 g/mol. The summed E-state index contributed by atoms with van der Waals surface area (Å²) >= 11 is 3.91. The fourth-order valence-electron chi connectivity index (χ4n) is 5.78. The van der Waals surface area contributed by atoms with Crippen LogP contribution in [0.4, 0.5) is 0 Å². The van der Waals surface area contributed by atoms with Crippen LogP contribution in [0.1, 0.15) is 65.2 Å². The summed E-state index contributed by atoms with van der Waals surface area (Å²) in [4.78, 5) is 28.9. The van der Waals surface area contributed by atoms with Crippen molar-refractivity contribution in [3.05, 3.63) is 63.3 Å². The Hall–Kier alpha value is -2.16. The SMILES string of the molecule is COCCCn1cc(CN(C(=O)[C@H]2CNCC[C@@H]2c2ccn(C)c(=O)c2)C2CC2)c2c1C=CCC2Br. The van der Waals surface area contributed by atoms with Gasteiger partial charge in [-0.3, -0.25) is 9.59 Å². The maximum atomic E-state index is 14.1. The molecule has 8 heteroatoms. The molecule has 7 nitrogen and oxygen atoms in total. The number of ether oxygens (including phenoxy) is 1. The Bertz CT molecular complexity index is 1180. The lowest BCUT2D eigenvalue weighted by Crippen LogP contribution is -2.47. The number of rotatable bonds is 9. The normalized spacial score (nSPS) is 23.5. The van der Waals surface area contributed by atoms with Crippen LogP contribution in [0.15, 0.2) is 35.4 Å². The fraction of sp³-hybridized carbons (Fsp3) is 0.571. The van der Waals surface area contributed by atoms with Gasteiger partial charge in [-0.25, -0.2) is 0 Å². The van der Waals surface area contributed by atoms with Crippen molar-refractivity contribution in [2.45, 2.75) is 62.0 Å². The van der Waals surface area contributed by atoms with Gasteiger partial charge < -0.3 is 24.1 Å². The lowest BCUT2D eigenvalue weighted by Gasteiger charge is -2.36. The number of alkyl halides is 1. The molecule has 0 spiro atoms. The van der Waals surface area contributed by atoms with Gasteiger partial charge in [0.1, 0.15) is 0 Å². The molecule has 0 bridgehead atoms. The topological polar surface area (TPSA) is 68.5 Å². The Labute approximate surface area is 221 Å². The van der Waals surface area contributed by atoms with E-state index in [1.54, 1.807) is 24.8 Å². The van der Waals surface area contributed by atoms with E-state index in [1.807, 2.05) is 12.3 Å². The molecule has 0 radical (unpaired) electrons. The second-order valence-electron chi connectivity index (χ2n) is 10.4. The van der Waals surface area contributed by atoms with Crippen molar-refractivity contribution in [2.24, 2.45) is 13.0 Å². The van der Waals surface area contributed by atoms with Crippen molar-refractivity contribution in [2.75, 3.05) is 26.8 Å². The van der Waals surface area contributed by atoms with Gasteiger partial charge in [-0.05, 0) is 73.4 Å². The quantitative estimate of drug-likeness (QED) is 0.375. The molecule has 194 valence electrons. The average Bonchev–Trinajstić information content (AvgIpc) is 3.66. The third kappa shape index (κ3) is 5.27. The first kappa shape index (κ1) is 25.5. The molecule has 1 aliphatic heterocycles. The minimum atomic E-state index is -0.161. The highest BCUT2D eigenvalue weighted by atomic mass is 79.9. The van der Waals surface area contributed by atoms with E-state index >= 15 is 0 Å². The first-order valence-electron chi connectivity index (χ1n) is 13.2. The van der Waals surface area contributed by atoms with Gasteiger partial charge in [0.2, 0.25) is 5.91 Å². The van der Waals surface area contributed by atoms with E-state index in [1.165, 1.54) is 16.8 Å². The van der Waals surface area contributed by atoms with Crippen LogP contribution in [0.5, 0.6) is 0 Å². The van der Waals surface area contributed by atoms with Gasteiger partial charge in [0.15, 0.2) is 0 Å². The standard InChI is InChI=1S/C28H37BrN4O3/c1-31-13-10-19(15-26(31)34)22-9-11-30-16-23(22)28(35)33(21-7-8-21)18-20-17-32(12-4-14-36-2)25-6-3-5-24(29)27(20)25/h3,6,10,13,15,17,21-24,30H,4-5,7-9,11-12,14,16,18H2,1-2H3/t22-,23+,24?/m1/s1. The van der Waals surface area contributed by atoms with Gasteiger partial charge in [-0.2, -0.15) is 0 Å². The molecule has 2 fully saturated rings. The number of amides is 1. The molecule has 36 heavy (non-hydrogen) atoms. The first-order chi connectivity index (χ1) is 17.5. The molecule has 1 unspecified atom stereocenters. The van der Waals surface area contributed by atoms with Crippen LogP contribution in [-0.2, 0) is 29.7 Å². The summed E-state index contributed by atoms with van der Waals surface area (Å²) in [6.45, 7) is 3.79. The van der Waals surface area contributed by atoms with Gasteiger partial charge in [-0.15, -0.1) is 0 Å². The summed E-state index contributed by atoms with van der Waals surface area (Å²) < 4.78 is 9.19. The number of methoxy groups -OCH3 is 1. The molecule has 1 saturated heterocycles. The van der Waals surface area contributed by atoms with Crippen molar-refractivity contribution in [3.63, 3.8) is 0 Å². The molecule has 2 aromatic heterocycles. The highest BCUT2D eigenvalue weighted by Gasteiger charge is 2.41. The number of aromatic nitrogens is 2. The molecular weight excluding hydrogens is 520 g/mol. The summed E-state index contributed by atoms with van der Waals surface area (Å²) in [7, 11) is 3.51. The number of hydrogen-bond donors (Lipinski definition) is 1. The number of fused-ring (bicyclic) bond motifs is 1. The zero-order valence-corrected chi connectivity index (χ0v) is 22.9. The number of nitrogens with one attached hydrogen (secondary N) is 1. The molecule has 1 amide bonds. The van der Waals surface area contributed by atoms with Crippen LogP contribution in [0.25, 0.3) is 6.08 Å². The molecule has 1 N–H and O–H groups in total. The van der Waals surface area contributed by atoms with Crippen molar-refractivity contribution in [1.82, 2.24) is 19.4 Å². The highest BCUT2D eigenvalue weighted by Crippen LogP contribution is 2.41. The van der Waals surface area contributed by atoms with E-state index < -0.39 is 0 Å². The van der Waals surface area contributed by atoms with Gasteiger partial charge in [-0.1, -0.05) is 22.0 Å². The molecule has 3 aliphatic rings. The Morgan fingerprint density at radius 2 is 2.14 bits per heavy atom. The number of piperidine rings is 1. The van der Waals surface area contributed by atoms with Gasteiger partial charge >= 0.3 is 0 Å².